The molecule has 0 heterocycles. The fourth-order valence-corrected chi connectivity index (χ4v) is 3.19. The second kappa shape index (κ2) is 9.61. The number of unbranched alkanes of at least 4 members (excludes halogenated alkanes) is 1. The van der Waals surface area contributed by atoms with Gasteiger partial charge in [0.05, 0.1) is 10.0 Å². The largest absolute Gasteiger partial charge is 0.573 e. The predicted molar refractivity (Wildman–Crippen MR) is 101 cm³/mol. The van der Waals surface area contributed by atoms with Crippen molar-refractivity contribution in [2.75, 3.05) is 0 Å². The van der Waals surface area contributed by atoms with E-state index in [9.17, 15) is 22.0 Å². The summed E-state index contributed by atoms with van der Waals surface area (Å²) < 4.78 is 69.4. The molecule has 0 amide bonds. The third kappa shape index (κ3) is 6.38. The van der Waals surface area contributed by atoms with Gasteiger partial charge in [0, 0.05) is 5.56 Å². The predicted octanol–water partition coefficient (Wildman–Crippen LogP) is 7.77. The van der Waals surface area contributed by atoms with Crippen LogP contribution in [0.25, 0.3) is 6.08 Å². The van der Waals surface area contributed by atoms with Gasteiger partial charge < -0.3 is 4.74 Å². The van der Waals surface area contributed by atoms with Crippen molar-refractivity contribution < 1.29 is 26.7 Å². The highest BCUT2D eigenvalue weighted by atomic mass is 35.5. The number of allylic oxidation sites excluding steroid dienone is 1. The van der Waals surface area contributed by atoms with Crippen LogP contribution in [0.4, 0.5) is 22.0 Å². The lowest BCUT2D eigenvalue weighted by Gasteiger charge is -2.13. The van der Waals surface area contributed by atoms with Gasteiger partial charge in [-0.2, -0.15) is 0 Å². The molecule has 28 heavy (non-hydrogen) atoms. The van der Waals surface area contributed by atoms with Crippen molar-refractivity contribution in [2.45, 2.75) is 39.0 Å². The quantitative estimate of drug-likeness (QED) is 0.401. The Morgan fingerprint density at radius 3 is 2.04 bits per heavy atom. The molecule has 0 saturated heterocycles. The summed E-state index contributed by atoms with van der Waals surface area (Å²) in [6.07, 6.45) is 0.403. The van der Waals surface area contributed by atoms with Gasteiger partial charge in [0.1, 0.15) is 11.6 Å². The minimum absolute atomic E-state index is 0.0112. The molecule has 0 aliphatic carbocycles. The van der Waals surface area contributed by atoms with E-state index in [4.69, 9.17) is 23.2 Å². The van der Waals surface area contributed by atoms with Crippen LogP contribution in [0.2, 0.25) is 10.0 Å². The number of hydrogen-bond donors (Lipinski definition) is 0. The first kappa shape index (κ1) is 22.5. The number of alkyl halides is 3. The number of rotatable bonds is 7. The number of ether oxygens (including phenoxy) is 1. The van der Waals surface area contributed by atoms with Gasteiger partial charge in [-0.05, 0) is 54.7 Å². The monoisotopic (exact) mass is 438 g/mol. The lowest BCUT2D eigenvalue weighted by molar-refractivity contribution is -0.274. The van der Waals surface area contributed by atoms with E-state index in [1.807, 2.05) is 13.0 Å². The van der Waals surface area contributed by atoms with Gasteiger partial charge in [0.15, 0.2) is 5.75 Å². The zero-order valence-corrected chi connectivity index (χ0v) is 16.4. The SMILES string of the molecule is CCC/C=C/c1cc(F)c(CCc2cc(Cl)c(OC(F)(F)F)c(Cl)c2)c(F)c1. The Hall–Kier alpha value is -1.79. The van der Waals surface area contributed by atoms with E-state index in [-0.39, 0.29) is 28.5 Å². The summed E-state index contributed by atoms with van der Waals surface area (Å²) in [6.45, 7) is 1.99. The zero-order chi connectivity index (χ0) is 20.9. The van der Waals surface area contributed by atoms with Crippen LogP contribution in [-0.4, -0.2) is 6.36 Å². The van der Waals surface area contributed by atoms with E-state index in [0.29, 0.717) is 11.1 Å². The van der Waals surface area contributed by atoms with Crippen LogP contribution in [0.1, 0.15) is 36.5 Å². The highest BCUT2D eigenvalue weighted by molar-refractivity contribution is 6.37. The summed E-state index contributed by atoms with van der Waals surface area (Å²) in [6, 6.07) is 4.94. The molecule has 152 valence electrons. The molecule has 0 aliphatic heterocycles. The van der Waals surface area contributed by atoms with Crippen LogP contribution in [0.5, 0.6) is 5.75 Å². The fraction of sp³-hybridized carbons (Fsp3) is 0.300. The molecule has 0 fully saturated rings. The summed E-state index contributed by atoms with van der Waals surface area (Å²) in [5.74, 6) is -2.09. The lowest BCUT2D eigenvalue weighted by Crippen LogP contribution is -2.17. The normalized spacial score (nSPS) is 12.0. The van der Waals surface area contributed by atoms with Gasteiger partial charge in [-0.25, -0.2) is 8.78 Å². The highest BCUT2D eigenvalue weighted by Gasteiger charge is 2.33. The first-order valence-electron chi connectivity index (χ1n) is 8.48. The second-order valence-electron chi connectivity index (χ2n) is 6.09. The average Bonchev–Trinajstić information content (AvgIpc) is 2.57. The minimum Gasteiger partial charge on any atom is -0.403 e. The van der Waals surface area contributed by atoms with E-state index in [0.717, 1.165) is 12.8 Å². The molecule has 2 aromatic rings. The topological polar surface area (TPSA) is 9.23 Å². The van der Waals surface area contributed by atoms with Crippen LogP contribution in [-0.2, 0) is 12.8 Å². The standard InChI is InChI=1S/C20H17Cl2F5O/c1-2-3-4-5-12-10-17(23)14(18(24)11-12)7-6-13-8-15(21)19(16(22)9-13)28-20(25,26)27/h4-5,8-11H,2-3,6-7H2,1H3/b5-4+. The van der Waals surface area contributed by atoms with E-state index in [1.165, 1.54) is 24.3 Å². The third-order valence-electron chi connectivity index (χ3n) is 3.87. The third-order valence-corrected chi connectivity index (χ3v) is 4.43. The number of halogens is 7. The summed E-state index contributed by atoms with van der Waals surface area (Å²) in [5.41, 5.74) is 0.734. The maximum Gasteiger partial charge on any atom is 0.573 e. The average molecular weight is 439 g/mol. The van der Waals surface area contributed by atoms with Crippen molar-refractivity contribution in [2.24, 2.45) is 0 Å². The molecule has 0 saturated carbocycles. The van der Waals surface area contributed by atoms with Crippen LogP contribution >= 0.6 is 23.2 Å². The summed E-state index contributed by atoms with van der Waals surface area (Å²) >= 11 is 11.6. The Morgan fingerprint density at radius 2 is 1.54 bits per heavy atom. The highest BCUT2D eigenvalue weighted by Crippen LogP contribution is 2.38. The van der Waals surface area contributed by atoms with Gasteiger partial charge >= 0.3 is 6.36 Å². The Kier molecular flexibility index (Phi) is 7.72. The maximum atomic E-state index is 14.3. The molecule has 0 radical (unpaired) electrons. The van der Waals surface area contributed by atoms with Crippen LogP contribution in [0.3, 0.4) is 0 Å². The van der Waals surface area contributed by atoms with Crippen LogP contribution in [0, 0.1) is 11.6 Å². The van der Waals surface area contributed by atoms with Gasteiger partial charge in [-0.3, -0.25) is 0 Å². The van der Waals surface area contributed by atoms with Crippen molar-refractivity contribution in [1.29, 1.82) is 0 Å². The number of aryl methyl sites for hydroxylation is 1. The molecule has 0 bridgehead atoms. The van der Waals surface area contributed by atoms with Crippen molar-refractivity contribution in [3.63, 3.8) is 0 Å². The molecule has 0 aromatic heterocycles. The minimum atomic E-state index is -4.94. The molecule has 0 spiro atoms. The number of hydrogen-bond acceptors (Lipinski definition) is 1. The molecule has 0 unspecified atom stereocenters. The maximum absolute atomic E-state index is 14.3. The molecule has 0 N–H and O–H groups in total. The van der Waals surface area contributed by atoms with Gasteiger partial charge in [-0.15, -0.1) is 13.2 Å². The Balaban J connectivity index is 2.16. The second-order valence-corrected chi connectivity index (χ2v) is 6.90. The molecule has 2 rings (SSSR count). The Morgan fingerprint density at radius 1 is 0.964 bits per heavy atom. The molecule has 0 atom stereocenters. The first-order chi connectivity index (χ1) is 13.1. The van der Waals surface area contributed by atoms with Gasteiger partial charge in [-0.1, -0.05) is 48.7 Å². The summed E-state index contributed by atoms with van der Waals surface area (Å²) in [5, 5.41) is -0.672. The summed E-state index contributed by atoms with van der Waals surface area (Å²) in [4.78, 5) is 0. The van der Waals surface area contributed by atoms with E-state index in [2.05, 4.69) is 4.74 Å². The van der Waals surface area contributed by atoms with Crippen molar-refractivity contribution in [3.05, 3.63) is 68.7 Å². The van der Waals surface area contributed by atoms with Crippen molar-refractivity contribution >= 4 is 29.3 Å². The van der Waals surface area contributed by atoms with Gasteiger partial charge in [0.2, 0.25) is 0 Å². The Bertz CT molecular complexity index is 816. The number of benzene rings is 2. The molecule has 0 aliphatic rings. The van der Waals surface area contributed by atoms with Crippen LogP contribution < -0.4 is 4.74 Å². The smallest absolute Gasteiger partial charge is 0.403 e. The van der Waals surface area contributed by atoms with Crippen molar-refractivity contribution in [3.8, 4) is 5.75 Å². The van der Waals surface area contributed by atoms with E-state index >= 15 is 0 Å². The first-order valence-corrected chi connectivity index (χ1v) is 9.24. The van der Waals surface area contributed by atoms with E-state index in [1.54, 1.807) is 6.08 Å². The van der Waals surface area contributed by atoms with Crippen molar-refractivity contribution in [1.82, 2.24) is 0 Å². The molecule has 8 heteroatoms. The summed E-state index contributed by atoms with van der Waals surface area (Å²) in [7, 11) is 0. The fourth-order valence-electron chi connectivity index (χ4n) is 2.58. The van der Waals surface area contributed by atoms with Crippen LogP contribution in [0.15, 0.2) is 30.3 Å². The lowest BCUT2D eigenvalue weighted by atomic mass is 10.0. The molecule has 2 aromatic carbocycles. The molecular formula is C20H17Cl2F5O. The van der Waals surface area contributed by atoms with Gasteiger partial charge in [0.25, 0.3) is 0 Å². The Labute approximate surface area is 169 Å². The van der Waals surface area contributed by atoms with E-state index < -0.39 is 23.7 Å². The molecular weight excluding hydrogens is 422 g/mol. The molecule has 1 nitrogen and oxygen atoms in total. The zero-order valence-electron chi connectivity index (χ0n) is 14.8.